The Kier molecular flexibility index (Phi) is 6.95. The Morgan fingerprint density at radius 1 is 1.11 bits per heavy atom. The van der Waals surface area contributed by atoms with Crippen LogP contribution in [0, 0.1) is 0 Å². The standard InChI is InChI=1S/C18H19ClN2O5S/c1-12(16-5-3-4-6-17(16)19)26-18(23)11-20-27(24,25)15-9-7-14(8-10-15)21-13(2)22/h3-10,12,20H,11H2,1-2H3,(H,21,22)/t12-/m1/s1. The van der Waals surface area contributed by atoms with Gasteiger partial charge in [-0.1, -0.05) is 29.8 Å². The summed E-state index contributed by atoms with van der Waals surface area (Å²) in [4.78, 5) is 22.9. The van der Waals surface area contributed by atoms with E-state index in [4.69, 9.17) is 16.3 Å². The van der Waals surface area contributed by atoms with Crippen LogP contribution in [-0.2, 0) is 24.3 Å². The summed E-state index contributed by atoms with van der Waals surface area (Å²) >= 11 is 6.05. The van der Waals surface area contributed by atoms with Crippen molar-refractivity contribution in [3.05, 3.63) is 59.1 Å². The van der Waals surface area contributed by atoms with Crippen molar-refractivity contribution in [1.82, 2.24) is 4.72 Å². The van der Waals surface area contributed by atoms with E-state index in [9.17, 15) is 18.0 Å². The Bertz CT molecular complexity index is 929. The molecule has 0 fully saturated rings. The normalized spacial score (nSPS) is 12.3. The van der Waals surface area contributed by atoms with E-state index >= 15 is 0 Å². The van der Waals surface area contributed by atoms with Gasteiger partial charge in [-0.05, 0) is 37.3 Å². The van der Waals surface area contributed by atoms with Crippen LogP contribution in [0.2, 0.25) is 5.02 Å². The van der Waals surface area contributed by atoms with Gasteiger partial charge in [0.25, 0.3) is 0 Å². The summed E-state index contributed by atoms with van der Waals surface area (Å²) < 4.78 is 31.9. The Morgan fingerprint density at radius 3 is 2.33 bits per heavy atom. The monoisotopic (exact) mass is 410 g/mol. The number of sulfonamides is 1. The maximum atomic E-state index is 12.3. The van der Waals surface area contributed by atoms with Crippen LogP contribution in [0.15, 0.2) is 53.4 Å². The molecule has 0 aliphatic rings. The molecule has 2 aromatic carbocycles. The van der Waals surface area contributed by atoms with Crippen LogP contribution in [-0.4, -0.2) is 26.8 Å². The van der Waals surface area contributed by atoms with Gasteiger partial charge < -0.3 is 10.1 Å². The molecular formula is C18H19ClN2O5S. The fraction of sp³-hybridized carbons (Fsp3) is 0.222. The van der Waals surface area contributed by atoms with Crippen LogP contribution < -0.4 is 10.0 Å². The third kappa shape index (κ3) is 6.06. The fourth-order valence-corrected chi connectivity index (χ4v) is 3.52. The molecule has 144 valence electrons. The van der Waals surface area contributed by atoms with Crippen molar-refractivity contribution in [2.75, 3.05) is 11.9 Å². The van der Waals surface area contributed by atoms with Crippen LogP contribution >= 0.6 is 11.6 Å². The number of anilines is 1. The lowest BCUT2D eigenvalue weighted by atomic mass is 10.1. The van der Waals surface area contributed by atoms with Crippen molar-refractivity contribution >= 4 is 39.2 Å². The van der Waals surface area contributed by atoms with Gasteiger partial charge in [0.1, 0.15) is 12.6 Å². The molecule has 0 aliphatic heterocycles. The Labute approximate surface area is 162 Å². The number of ether oxygens (including phenoxy) is 1. The first kappa shape index (κ1) is 20.9. The molecule has 0 heterocycles. The first-order valence-corrected chi connectivity index (χ1v) is 9.86. The number of hydrogen-bond donors (Lipinski definition) is 2. The average Bonchev–Trinajstić information content (AvgIpc) is 2.60. The van der Waals surface area contributed by atoms with Gasteiger partial charge in [-0.25, -0.2) is 8.42 Å². The first-order chi connectivity index (χ1) is 12.7. The van der Waals surface area contributed by atoms with Gasteiger partial charge >= 0.3 is 5.97 Å². The van der Waals surface area contributed by atoms with Gasteiger partial charge in [0.2, 0.25) is 15.9 Å². The molecule has 0 aromatic heterocycles. The number of halogens is 1. The van der Waals surface area contributed by atoms with Crippen molar-refractivity contribution in [2.24, 2.45) is 0 Å². The summed E-state index contributed by atoms with van der Waals surface area (Å²) in [5.41, 5.74) is 1.10. The van der Waals surface area contributed by atoms with E-state index in [2.05, 4.69) is 10.0 Å². The second-order valence-electron chi connectivity index (χ2n) is 5.68. The number of benzene rings is 2. The van der Waals surface area contributed by atoms with Crippen LogP contribution in [0.3, 0.4) is 0 Å². The molecule has 0 saturated heterocycles. The third-order valence-electron chi connectivity index (χ3n) is 3.54. The van der Waals surface area contributed by atoms with Crippen molar-refractivity contribution in [1.29, 1.82) is 0 Å². The SMILES string of the molecule is CC(=O)Nc1ccc(S(=O)(=O)NCC(=O)O[C@H](C)c2ccccc2Cl)cc1. The molecule has 7 nitrogen and oxygen atoms in total. The summed E-state index contributed by atoms with van der Waals surface area (Å²) in [5.74, 6) is -1.00. The van der Waals surface area contributed by atoms with E-state index in [0.717, 1.165) is 0 Å². The molecule has 0 aliphatic carbocycles. The molecule has 0 unspecified atom stereocenters. The highest BCUT2D eigenvalue weighted by atomic mass is 35.5. The first-order valence-electron chi connectivity index (χ1n) is 8.00. The highest BCUT2D eigenvalue weighted by Gasteiger charge is 2.19. The minimum Gasteiger partial charge on any atom is -0.457 e. The number of carbonyl (C=O) groups is 2. The smallest absolute Gasteiger partial charge is 0.321 e. The molecular weight excluding hydrogens is 392 g/mol. The summed E-state index contributed by atoms with van der Waals surface area (Å²) in [6.45, 7) is 2.47. The van der Waals surface area contributed by atoms with Crippen molar-refractivity contribution in [3.8, 4) is 0 Å². The molecule has 1 atom stereocenters. The molecule has 1 amide bonds. The number of nitrogens with one attached hydrogen (secondary N) is 2. The average molecular weight is 411 g/mol. The number of amides is 1. The summed E-state index contributed by atoms with van der Waals surface area (Å²) in [6.07, 6.45) is -0.618. The van der Waals surface area contributed by atoms with Gasteiger partial charge in [0.15, 0.2) is 0 Å². The summed E-state index contributed by atoms with van der Waals surface area (Å²) in [7, 11) is -3.90. The van der Waals surface area contributed by atoms with Crippen molar-refractivity contribution in [2.45, 2.75) is 24.8 Å². The minimum atomic E-state index is -3.90. The number of rotatable bonds is 7. The molecule has 0 spiro atoms. The zero-order chi connectivity index (χ0) is 20.0. The highest BCUT2D eigenvalue weighted by Crippen LogP contribution is 2.24. The lowest BCUT2D eigenvalue weighted by Gasteiger charge is -2.15. The van der Waals surface area contributed by atoms with E-state index in [0.29, 0.717) is 16.3 Å². The maximum Gasteiger partial charge on any atom is 0.321 e. The van der Waals surface area contributed by atoms with E-state index in [1.54, 1.807) is 31.2 Å². The molecule has 0 radical (unpaired) electrons. The minimum absolute atomic E-state index is 0.0384. The third-order valence-corrected chi connectivity index (χ3v) is 5.30. The number of hydrogen-bond acceptors (Lipinski definition) is 5. The van der Waals surface area contributed by atoms with Gasteiger partial charge in [0.05, 0.1) is 4.90 Å². The molecule has 9 heteroatoms. The van der Waals surface area contributed by atoms with Gasteiger partial charge in [-0.3, -0.25) is 9.59 Å². The van der Waals surface area contributed by atoms with Gasteiger partial charge in [0, 0.05) is 23.2 Å². The zero-order valence-electron chi connectivity index (χ0n) is 14.7. The predicted octanol–water partition coefficient (Wildman–Crippen LogP) is 2.88. The largest absolute Gasteiger partial charge is 0.457 e. The highest BCUT2D eigenvalue weighted by molar-refractivity contribution is 7.89. The van der Waals surface area contributed by atoms with E-state index < -0.39 is 28.6 Å². The van der Waals surface area contributed by atoms with E-state index in [1.165, 1.54) is 31.2 Å². The van der Waals surface area contributed by atoms with Crippen molar-refractivity contribution in [3.63, 3.8) is 0 Å². The molecule has 2 aromatic rings. The lowest BCUT2D eigenvalue weighted by Crippen LogP contribution is -2.31. The van der Waals surface area contributed by atoms with E-state index in [1.807, 2.05) is 0 Å². The molecule has 0 saturated carbocycles. The Balaban J connectivity index is 1.95. The zero-order valence-corrected chi connectivity index (χ0v) is 16.3. The Morgan fingerprint density at radius 2 is 1.74 bits per heavy atom. The Hall–Kier alpha value is -2.42. The molecule has 0 bridgehead atoms. The topological polar surface area (TPSA) is 102 Å². The number of esters is 1. The summed E-state index contributed by atoms with van der Waals surface area (Å²) in [5, 5.41) is 2.99. The van der Waals surface area contributed by atoms with Crippen molar-refractivity contribution < 1.29 is 22.7 Å². The van der Waals surface area contributed by atoms with Crippen LogP contribution in [0.4, 0.5) is 5.69 Å². The lowest BCUT2D eigenvalue weighted by molar-refractivity contribution is -0.147. The second kappa shape index (κ2) is 8.98. The fourth-order valence-electron chi connectivity index (χ4n) is 2.27. The van der Waals surface area contributed by atoms with Gasteiger partial charge in [-0.2, -0.15) is 4.72 Å². The van der Waals surface area contributed by atoms with Gasteiger partial charge in [-0.15, -0.1) is 0 Å². The summed E-state index contributed by atoms with van der Waals surface area (Å²) in [6, 6.07) is 12.5. The molecule has 2 rings (SSSR count). The second-order valence-corrected chi connectivity index (χ2v) is 7.86. The van der Waals surface area contributed by atoms with Crippen LogP contribution in [0.25, 0.3) is 0 Å². The van der Waals surface area contributed by atoms with Crippen LogP contribution in [0.5, 0.6) is 0 Å². The molecule has 2 N–H and O–H groups in total. The maximum absolute atomic E-state index is 12.3. The quantitative estimate of drug-likeness (QED) is 0.683. The van der Waals surface area contributed by atoms with Crippen LogP contribution in [0.1, 0.15) is 25.5 Å². The number of carbonyl (C=O) groups excluding carboxylic acids is 2. The van der Waals surface area contributed by atoms with E-state index in [-0.39, 0.29) is 10.8 Å². The predicted molar refractivity (Wildman–Crippen MR) is 102 cm³/mol. The molecule has 27 heavy (non-hydrogen) atoms.